The molecule has 6 heavy (non-hydrogen) atoms. The van der Waals surface area contributed by atoms with Crippen LogP contribution < -0.4 is 0 Å². The summed E-state index contributed by atoms with van der Waals surface area (Å²) in [6.07, 6.45) is 0. The molecule has 0 rings (SSSR count). The van der Waals surface area contributed by atoms with Crippen LogP contribution in [0.15, 0.2) is 0 Å². The first-order valence-electron chi connectivity index (χ1n) is 1.94. The molecule has 0 fully saturated rings. The molecule has 0 atom stereocenters. The van der Waals surface area contributed by atoms with Crippen LogP contribution in [-0.4, -0.2) is 0 Å². The first-order valence-corrected chi connectivity index (χ1v) is 2.32. The highest BCUT2D eigenvalue weighted by Gasteiger charge is 2.06. The maximum Gasteiger partial charge on any atom is 0.0922 e. The van der Waals surface area contributed by atoms with Crippen LogP contribution >= 0.6 is 11.6 Å². The molecule has 0 nitrogen and oxygen atoms in total. The van der Waals surface area contributed by atoms with Gasteiger partial charge in [-0.25, -0.2) is 0 Å². The van der Waals surface area contributed by atoms with E-state index in [0.29, 0.717) is 0 Å². The standard InChI is InChI=1S/C5H9Cl/c1-5(2,3)4-6/h1-3H3. The van der Waals surface area contributed by atoms with E-state index in [1.54, 1.807) is 0 Å². The van der Waals surface area contributed by atoms with Gasteiger partial charge in [0.1, 0.15) is 0 Å². The molecule has 0 aliphatic rings. The van der Waals surface area contributed by atoms with E-state index in [1.807, 2.05) is 20.8 Å². The monoisotopic (exact) mass is 104 g/mol. The Morgan fingerprint density at radius 2 is 1.50 bits per heavy atom. The Morgan fingerprint density at radius 3 is 1.50 bits per heavy atom. The second-order valence-electron chi connectivity index (χ2n) is 2.34. The lowest BCUT2D eigenvalue weighted by atomic mass is 10.0. The Balaban J connectivity index is 3.17. The summed E-state index contributed by atoms with van der Waals surface area (Å²) in [5.41, 5.74) is 0.0571. The van der Waals surface area contributed by atoms with Crippen LogP contribution in [0.2, 0.25) is 0 Å². The molecule has 0 aromatic carbocycles. The fourth-order valence-corrected chi connectivity index (χ4v) is 0. The predicted octanol–water partition coefficient (Wildman–Crippen LogP) is 2.31. The summed E-state index contributed by atoms with van der Waals surface area (Å²) in [4.78, 5) is 0. The average Bonchev–Trinajstić information content (AvgIpc) is 1.35. The van der Waals surface area contributed by atoms with Crippen LogP contribution in [0.25, 0.3) is 0 Å². The summed E-state index contributed by atoms with van der Waals surface area (Å²) >= 11 is 5.23. The first-order chi connectivity index (χ1) is 2.56. The van der Waals surface area contributed by atoms with E-state index in [2.05, 4.69) is 5.88 Å². The highest BCUT2D eigenvalue weighted by molar-refractivity contribution is 6.23. The molecule has 1 heteroatoms. The third kappa shape index (κ3) is 4.29. The Kier molecular flexibility index (Phi) is 1.92. The summed E-state index contributed by atoms with van der Waals surface area (Å²) < 4.78 is 0. The summed E-state index contributed by atoms with van der Waals surface area (Å²) in [7, 11) is 0. The van der Waals surface area contributed by atoms with Crippen LogP contribution in [-0.2, 0) is 0 Å². The van der Waals surface area contributed by atoms with Crippen molar-refractivity contribution in [2.45, 2.75) is 20.8 Å². The van der Waals surface area contributed by atoms with Crippen molar-refractivity contribution in [1.29, 1.82) is 0 Å². The molecule has 0 heterocycles. The second kappa shape index (κ2) is 1.83. The van der Waals surface area contributed by atoms with Crippen molar-refractivity contribution in [1.82, 2.24) is 0 Å². The minimum absolute atomic E-state index is 0.0571. The van der Waals surface area contributed by atoms with Gasteiger partial charge in [0.25, 0.3) is 0 Å². The number of hydrogen-bond donors (Lipinski definition) is 0. The van der Waals surface area contributed by atoms with Crippen LogP contribution in [0.4, 0.5) is 0 Å². The van der Waals surface area contributed by atoms with Crippen molar-refractivity contribution < 1.29 is 0 Å². The quantitative estimate of drug-likeness (QED) is 0.443. The Hall–Kier alpha value is 0.290. The smallest absolute Gasteiger partial charge is 0.0922 e. The molecule has 0 aliphatic heterocycles. The molecule has 2 radical (unpaired) electrons. The van der Waals surface area contributed by atoms with Crippen molar-refractivity contribution in [2.24, 2.45) is 5.41 Å². The molecule has 0 saturated heterocycles. The van der Waals surface area contributed by atoms with Crippen molar-refractivity contribution in [3.63, 3.8) is 0 Å². The zero-order chi connectivity index (χ0) is 5.21. The van der Waals surface area contributed by atoms with Crippen molar-refractivity contribution in [2.75, 3.05) is 0 Å². The van der Waals surface area contributed by atoms with Gasteiger partial charge in [0, 0.05) is 0 Å². The van der Waals surface area contributed by atoms with Crippen LogP contribution in [0.5, 0.6) is 0 Å². The summed E-state index contributed by atoms with van der Waals surface area (Å²) in [6.45, 7) is 6.00. The Bertz CT molecular complexity index is 33.7. The van der Waals surface area contributed by atoms with Gasteiger partial charge in [0.2, 0.25) is 0 Å². The molecular formula is C5H9Cl. The van der Waals surface area contributed by atoms with E-state index in [-0.39, 0.29) is 5.41 Å². The van der Waals surface area contributed by atoms with E-state index in [1.165, 1.54) is 0 Å². The molecular weight excluding hydrogens is 95.5 g/mol. The molecule has 0 saturated carbocycles. The van der Waals surface area contributed by atoms with Gasteiger partial charge in [-0.05, 0) is 5.41 Å². The van der Waals surface area contributed by atoms with Gasteiger partial charge in [0.15, 0.2) is 0 Å². The molecule has 0 aliphatic carbocycles. The van der Waals surface area contributed by atoms with E-state index in [0.717, 1.165) is 0 Å². The van der Waals surface area contributed by atoms with Crippen molar-refractivity contribution in [3.05, 3.63) is 5.88 Å². The minimum Gasteiger partial charge on any atom is -0.115 e. The van der Waals surface area contributed by atoms with Crippen LogP contribution in [0, 0.1) is 11.3 Å². The Labute approximate surface area is 44.5 Å². The fraction of sp³-hybridized carbons (Fsp3) is 0.800. The summed E-state index contributed by atoms with van der Waals surface area (Å²) in [6, 6.07) is 0. The molecule has 0 unspecified atom stereocenters. The zero-order valence-electron chi connectivity index (χ0n) is 4.38. The lowest BCUT2D eigenvalue weighted by molar-refractivity contribution is 0.524. The molecule has 36 valence electrons. The third-order valence-electron chi connectivity index (χ3n) is 0.283. The van der Waals surface area contributed by atoms with Crippen LogP contribution in [0.3, 0.4) is 0 Å². The highest BCUT2D eigenvalue weighted by atomic mass is 35.5. The second-order valence-corrected chi connectivity index (χ2v) is 2.53. The third-order valence-corrected chi connectivity index (χ3v) is 0.850. The number of rotatable bonds is 0. The normalized spacial score (nSPS) is 12.0. The fourth-order valence-electron chi connectivity index (χ4n) is 0. The summed E-state index contributed by atoms with van der Waals surface area (Å²) in [5, 5.41) is 0. The maximum absolute atomic E-state index is 5.23. The molecule has 0 bridgehead atoms. The van der Waals surface area contributed by atoms with Gasteiger partial charge in [-0.15, -0.1) is 11.6 Å². The predicted molar refractivity (Wildman–Crippen MR) is 28.6 cm³/mol. The van der Waals surface area contributed by atoms with Gasteiger partial charge < -0.3 is 0 Å². The first kappa shape index (κ1) is 6.29. The average molecular weight is 105 g/mol. The number of halogens is 1. The minimum atomic E-state index is 0.0571. The molecule has 0 amide bonds. The highest BCUT2D eigenvalue weighted by Crippen LogP contribution is 2.18. The number of hydrogen-bond acceptors (Lipinski definition) is 0. The van der Waals surface area contributed by atoms with Gasteiger partial charge >= 0.3 is 0 Å². The van der Waals surface area contributed by atoms with E-state index < -0.39 is 0 Å². The summed E-state index contributed by atoms with van der Waals surface area (Å²) in [5.74, 6) is 2.58. The SMILES string of the molecule is CC(C)(C)[C]Cl. The molecule has 0 spiro atoms. The van der Waals surface area contributed by atoms with E-state index in [9.17, 15) is 0 Å². The zero-order valence-corrected chi connectivity index (χ0v) is 5.13. The van der Waals surface area contributed by atoms with Gasteiger partial charge in [-0.1, -0.05) is 20.8 Å². The van der Waals surface area contributed by atoms with Crippen LogP contribution in [0.1, 0.15) is 20.8 Å². The van der Waals surface area contributed by atoms with Gasteiger partial charge in [0.05, 0.1) is 5.88 Å². The molecule has 0 aromatic rings. The topological polar surface area (TPSA) is 0 Å². The van der Waals surface area contributed by atoms with E-state index in [4.69, 9.17) is 11.6 Å². The Morgan fingerprint density at radius 1 is 1.33 bits per heavy atom. The maximum atomic E-state index is 5.23. The lowest BCUT2D eigenvalue weighted by Gasteiger charge is -2.09. The largest absolute Gasteiger partial charge is 0.115 e. The van der Waals surface area contributed by atoms with Gasteiger partial charge in [-0.3, -0.25) is 0 Å². The van der Waals surface area contributed by atoms with E-state index >= 15 is 0 Å². The molecule has 0 N–H and O–H groups in total. The van der Waals surface area contributed by atoms with Gasteiger partial charge in [-0.2, -0.15) is 0 Å². The lowest BCUT2D eigenvalue weighted by Crippen LogP contribution is -1.99. The van der Waals surface area contributed by atoms with Crippen molar-refractivity contribution in [3.8, 4) is 0 Å². The van der Waals surface area contributed by atoms with Crippen molar-refractivity contribution >= 4 is 11.6 Å². The molecule has 0 aromatic heterocycles.